The lowest BCUT2D eigenvalue weighted by Crippen LogP contribution is -2.41. The highest BCUT2D eigenvalue weighted by Gasteiger charge is 2.28. The first kappa shape index (κ1) is 17.7. The number of nitrogens with zero attached hydrogens (tertiary/aromatic N) is 4. The first-order chi connectivity index (χ1) is 12.1. The number of nitrogen functional groups attached to an aromatic ring is 1. The number of rotatable bonds is 5. The predicted molar refractivity (Wildman–Crippen MR) is 95.5 cm³/mol. The Bertz CT molecular complexity index is 738. The molecule has 0 unspecified atom stereocenters. The number of likely N-dealkylation sites (tertiary alicyclic amines) is 1. The van der Waals surface area contributed by atoms with Gasteiger partial charge in [-0.15, -0.1) is 21.5 Å². The smallest absolute Gasteiger partial charge is 0.308 e. The Morgan fingerprint density at radius 1 is 1.40 bits per heavy atom. The van der Waals surface area contributed by atoms with Crippen LogP contribution in [0.25, 0.3) is 10.7 Å². The fraction of sp³-hybridized carbons (Fsp3) is 0.467. The summed E-state index contributed by atoms with van der Waals surface area (Å²) in [7, 11) is 1.39. The number of carbonyl (C=O) groups excluding carboxylic acids is 2. The van der Waals surface area contributed by atoms with Crippen LogP contribution >= 0.6 is 23.1 Å². The van der Waals surface area contributed by atoms with Crippen LogP contribution in [0, 0.1) is 5.92 Å². The van der Waals surface area contributed by atoms with Gasteiger partial charge in [-0.25, -0.2) is 4.68 Å². The van der Waals surface area contributed by atoms with Gasteiger partial charge in [0.15, 0.2) is 5.82 Å². The van der Waals surface area contributed by atoms with Crippen LogP contribution < -0.4 is 5.84 Å². The van der Waals surface area contributed by atoms with Gasteiger partial charge < -0.3 is 15.5 Å². The number of carbonyl (C=O) groups is 2. The van der Waals surface area contributed by atoms with Crippen LogP contribution in [0.5, 0.6) is 0 Å². The van der Waals surface area contributed by atoms with Crippen molar-refractivity contribution >= 4 is 35.0 Å². The molecule has 1 fully saturated rings. The predicted octanol–water partition coefficient (Wildman–Crippen LogP) is 1.22. The summed E-state index contributed by atoms with van der Waals surface area (Å²) >= 11 is 2.79. The second-order valence-electron chi connectivity index (χ2n) is 5.62. The van der Waals surface area contributed by atoms with E-state index >= 15 is 0 Å². The molecular weight excluding hydrogens is 362 g/mol. The van der Waals surface area contributed by atoms with Crippen LogP contribution in [-0.4, -0.2) is 57.6 Å². The maximum atomic E-state index is 12.4. The van der Waals surface area contributed by atoms with Gasteiger partial charge >= 0.3 is 5.97 Å². The summed E-state index contributed by atoms with van der Waals surface area (Å²) in [5.41, 5.74) is 0. The van der Waals surface area contributed by atoms with E-state index in [-0.39, 0.29) is 23.5 Å². The van der Waals surface area contributed by atoms with Gasteiger partial charge in [-0.05, 0) is 24.3 Å². The van der Waals surface area contributed by atoms with Gasteiger partial charge in [-0.1, -0.05) is 17.8 Å². The van der Waals surface area contributed by atoms with Gasteiger partial charge in [0.1, 0.15) is 0 Å². The molecule has 3 rings (SSSR count). The molecule has 3 heterocycles. The average molecular weight is 381 g/mol. The largest absolute Gasteiger partial charge is 0.469 e. The van der Waals surface area contributed by atoms with E-state index < -0.39 is 0 Å². The molecule has 0 radical (unpaired) electrons. The minimum absolute atomic E-state index is 0.00832. The fourth-order valence-electron chi connectivity index (χ4n) is 2.70. The van der Waals surface area contributed by atoms with Gasteiger partial charge in [0.05, 0.1) is 23.7 Å². The molecule has 8 nitrogen and oxygen atoms in total. The molecule has 0 spiro atoms. The second-order valence-corrected chi connectivity index (χ2v) is 7.51. The molecule has 0 aliphatic carbocycles. The van der Waals surface area contributed by atoms with Crippen molar-refractivity contribution in [3.8, 4) is 10.7 Å². The molecule has 1 saturated heterocycles. The molecule has 0 bridgehead atoms. The number of thioether (sulfide) groups is 1. The number of thiophene rings is 1. The number of hydrogen-bond donors (Lipinski definition) is 1. The molecule has 2 aromatic heterocycles. The summed E-state index contributed by atoms with van der Waals surface area (Å²) < 4.78 is 6.17. The van der Waals surface area contributed by atoms with Crippen LogP contribution in [0.4, 0.5) is 0 Å². The molecule has 1 aliphatic heterocycles. The molecule has 1 aliphatic rings. The zero-order valence-electron chi connectivity index (χ0n) is 13.8. The summed E-state index contributed by atoms with van der Waals surface area (Å²) in [6, 6.07) is 3.84. The van der Waals surface area contributed by atoms with Crippen LogP contribution in [0.2, 0.25) is 0 Å². The molecule has 2 aromatic rings. The minimum atomic E-state index is -0.196. The number of nitrogens with two attached hydrogens (primary N) is 1. The first-order valence-electron chi connectivity index (χ1n) is 7.83. The normalized spacial score (nSPS) is 15.3. The lowest BCUT2D eigenvalue weighted by molar-refractivity contribution is -0.148. The van der Waals surface area contributed by atoms with Crippen molar-refractivity contribution in [1.82, 2.24) is 19.8 Å². The number of hydrogen-bond acceptors (Lipinski definition) is 8. The highest BCUT2D eigenvalue weighted by molar-refractivity contribution is 7.99. The topological polar surface area (TPSA) is 103 Å². The molecule has 2 N–H and O–H groups in total. The van der Waals surface area contributed by atoms with Crippen molar-refractivity contribution in [1.29, 1.82) is 0 Å². The van der Waals surface area contributed by atoms with Crippen LogP contribution in [0.3, 0.4) is 0 Å². The summed E-state index contributed by atoms with van der Waals surface area (Å²) in [6.45, 7) is 1.13. The molecule has 134 valence electrons. The number of amides is 1. The first-order valence-corrected chi connectivity index (χ1v) is 9.69. The van der Waals surface area contributed by atoms with Crippen molar-refractivity contribution in [2.45, 2.75) is 18.0 Å². The third-order valence-corrected chi connectivity index (χ3v) is 5.91. The van der Waals surface area contributed by atoms with Gasteiger partial charge in [-0.3, -0.25) is 9.59 Å². The Hall–Kier alpha value is -2.07. The van der Waals surface area contributed by atoms with E-state index in [1.165, 1.54) is 34.9 Å². The molecule has 0 aromatic carbocycles. The SMILES string of the molecule is COC(=O)C1CCN(C(=O)CSc2nnc(-c3cccs3)n2N)CC1. The Balaban J connectivity index is 1.53. The number of ether oxygens (including phenoxy) is 1. The van der Waals surface area contributed by atoms with E-state index in [4.69, 9.17) is 10.6 Å². The standard InChI is InChI=1S/C15H19N5O3S2/c1-23-14(22)10-4-6-19(7-5-10)12(21)9-25-15-18-17-13(20(15)16)11-3-2-8-24-11/h2-3,8,10H,4-7,9,16H2,1H3. The molecule has 0 saturated carbocycles. The highest BCUT2D eigenvalue weighted by Crippen LogP contribution is 2.26. The monoisotopic (exact) mass is 381 g/mol. The Morgan fingerprint density at radius 2 is 2.16 bits per heavy atom. The quantitative estimate of drug-likeness (QED) is 0.472. The van der Waals surface area contributed by atoms with Crippen LogP contribution in [0.15, 0.2) is 22.7 Å². The number of piperidine rings is 1. The summed E-state index contributed by atoms with van der Waals surface area (Å²) in [5, 5.41) is 10.6. The van der Waals surface area contributed by atoms with E-state index in [1.54, 1.807) is 4.90 Å². The Morgan fingerprint density at radius 3 is 2.80 bits per heavy atom. The summed E-state index contributed by atoms with van der Waals surface area (Å²) in [5.74, 6) is 6.56. The van der Waals surface area contributed by atoms with Crippen molar-refractivity contribution in [2.75, 3.05) is 31.8 Å². The molecule has 1 amide bonds. The maximum absolute atomic E-state index is 12.4. The average Bonchev–Trinajstić information content (AvgIpc) is 3.29. The van der Waals surface area contributed by atoms with E-state index in [0.717, 1.165) is 4.88 Å². The van der Waals surface area contributed by atoms with E-state index in [2.05, 4.69) is 10.2 Å². The van der Waals surface area contributed by atoms with E-state index in [9.17, 15) is 9.59 Å². The molecule has 25 heavy (non-hydrogen) atoms. The summed E-state index contributed by atoms with van der Waals surface area (Å²) in [4.78, 5) is 26.6. The van der Waals surface area contributed by atoms with E-state index in [0.29, 0.717) is 36.9 Å². The van der Waals surface area contributed by atoms with Gasteiger partial charge in [0.2, 0.25) is 11.1 Å². The maximum Gasteiger partial charge on any atom is 0.308 e. The van der Waals surface area contributed by atoms with Crippen molar-refractivity contribution in [3.05, 3.63) is 17.5 Å². The zero-order valence-corrected chi connectivity index (χ0v) is 15.4. The molecule has 0 atom stereocenters. The summed E-state index contributed by atoms with van der Waals surface area (Å²) in [6.07, 6.45) is 1.28. The van der Waals surface area contributed by atoms with E-state index in [1.807, 2.05) is 17.5 Å². The van der Waals surface area contributed by atoms with Crippen LogP contribution in [0.1, 0.15) is 12.8 Å². The van der Waals surface area contributed by atoms with Crippen molar-refractivity contribution in [3.63, 3.8) is 0 Å². The Labute approximate surface area is 153 Å². The zero-order chi connectivity index (χ0) is 17.8. The third-order valence-electron chi connectivity index (χ3n) is 4.11. The van der Waals surface area contributed by atoms with Crippen LogP contribution in [-0.2, 0) is 14.3 Å². The van der Waals surface area contributed by atoms with Gasteiger partial charge in [0, 0.05) is 13.1 Å². The number of esters is 1. The fourth-order valence-corrected chi connectivity index (χ4v) is 4.16. The van der Waals surface area contributed by atoms with Gasteiger partial charge in [-0.2, -0.15) is 0 Å². The number of aromatic nitrogens is 3. The second kappa shape index (κ2) is 7.87. The lowest BCUT2D eigenvalue weighted by atomic mass is 9.97. The number of methoxy groups -OCH3 is 1. The highest BCUT2D eigenvalue weighted by atomic mass is 32.2. The molecular formula is C15H19N5O3S2. The lowest BCUT2D eigenvalue weighted by Gasteiger charge is -2.30. The van der Waals surface area contributed by atoms with Crippen molar-refractivity contribution in [2.24, 2.45) is 5.92 Å². The third kappa shape index (κ3) is 3.96. The Kier molecular flexibility index (Phi) is 5.59. The van der Waals surface area contributed by atoms with Crippen molar-refractivity contribution < 1.29 is 14.3 Å². The van der Waals surface area contributed by atoms with Gasteiger partial charge in [0.25, 0.3) is 0 Å². The molecule has 10 heteroatoms. The minimum Gasteiger partial charge on any atom is -0.469 e.